The van der Waals surface area contributed by atoms with E-state index in [0.717, 1.165) is 31.6 Å². The number of nitrogens with one attached hydrogen (secondary N) is 1. The number of hydrogen-bond acceptors (Lipinski definition) is 5. The third-order valence-electron chi connectivity index (χ3n) is 6.39. The predicted octanol–water partition coefficient (Wildman–Crippen LogP) is 2.61. The third-order valence-corrected chi connectivity index (χ3v) is 7.56. The van der Waals surface area contributed by atoms with Crippen molar-refractivity contribution in [1.82, 2.24) is 5.32 Å². The van der Waals surface area contributed by atoms with Crippen molar-refractivity contribution in [3.05, 3.63) is 0 Å². The summed E-state index contributed by atoms with van der Waals surface area (Å²) in [6, 6.07) is -0.715. The smallest absolute Gasteiger partial charge is 0.394 e. The first-order valence-corrected chi connectivity index (χ1v) is 11.3. The van der Waals surface area contributed by atoms with Crippen molar-refractivity contribution in [3.63, 3.8) is 0 Å². The van der Waals surface area contributed by atoms with Gasteiger partial charge in [0, 0.05) is 5.41 Å². The van der Waals surface area contributed by atoms with Gasteiger partial charge in [-0.1, -0.05) is 6.42 Å². The monoisotopic (exact) mass is 389 g/mol. The molecule has 6 atom stereocenters. The van der Waals surface area contributed by atoms with Crippen molar-refractivity contribution < 1.29 is 28.4 Å². The summed E-state index contributed by atoms with van der Waals surface area (Å²) in [5.74, 6) is 2.03. The standard InChI is InChI=1S/C18H32NO6P/c1-12(2)25-26(22,23)24-11-16(10-20)19-17(21)18-6-5-14-4-3-13(8-18)7-15(14)9-18/h12-16,20H,3-11H2,1-2H3,(H,19,21)(H,22,23)/t13?,14?,15?,16?,18-/m1/s1. The quantitative estimate of drug-likeness (QED) is 0.551. The first-order chi connectivity index (χ1) is 12.2. The second-order valence-corrected chi connectivity index (χ2v) is 10.1. The molecule has 0 aromatic heterocycles. The number of aliphatic hydroxyl groups excluding tert-OH is 1. The average molecular weight is 389 g/mol. The molecule has 3 aliphatic rings. The number of aliphatic hydroxyl groups is 1. The van der Waals surface area contributed by atoms with Crippen molar-refractivity contribution in [2.24, 2.45) is 23.2 Å². The molecule has 3 aliphatic carbocycles. The van der Waals surface area contributed by atoms with Gasteiger partial charge in [0.05, 0.1) is 25.4 Å². The van der Waals surface area contributed by atoms with Gasteiger partial charge in [0.2, 0.25) is 5.91 Å². The van der Waals surface area contributed by atoms with E-state index in [2.05, 4.69) is 5.32 Å². The summed E-state index contributed by atoms with van der Waals surface area (Å²) < 4.78 is 21.6. The van der Waals surface area contributed by atoms with Crippen LogP contribution >= 0.6 is 7.82 Å². The molecule has 0 aromatic carbocycles. The molecule has 0 spiro atoms. The fourth-order valence-corrected chi connectivity index (χ4v) is 6.26. The summed E-state index contributed by atoms with van der Waals surface area (Å²) in [5.41, 5.74) is -0.338. The summed E-state index contributed by atoms with van der Waals surface area (Å²) >= 11 is 0. The molecule has 0 saturated heterocycles. The third kappa shape index (κ3) is 4.50. The zero-order chi connectivity index (χ0) is 18.9. The molecule has 26 heavy (non-hydrogen) atoms. The highest BCUT2D eigenvalue weighted by atomic mass is 31.2. The van der Waals surface area contributed by atoms with E-state index in [4.69, 9.17) is 9.05 Å². The number of carbonyl (C=O) groups is 1. The van der Waals surface area contributed by atoms with E-state index in [1.165, 1.54) is 19.3 Å². The Labute approximate surface area is 155 Å². The topological polar surface area (TPSA) is 105 Å². The van der Waals surface area contributed by atoms with Gasteiger partial charge in [-0.15, -0.1) is 0 Å². The molecule has 3 saturated carbocycles. The van der Waals surface area contributed by atoms with Crippen LogP contribution in [0.2, 0.25) is 0 Å². The Morgan fingerprint density at radius 3 is 2.73 bits per heavy atom. The van der Waals surface area contributed by atoms with Gasteiger partial charge in [-0.3, -0.25) is 13.8 Å². The van der Waals surface area contributed by atoms with Gasteiger partial charge in [-0.05, 0) is 70.1 Å². The van der Waals surface area contributed by atoms with E-state index in [9.17, 15) is 19.4 Å². The zero-order valence-electron chi connectivity index (χ0n) is 15.7. The van der Waals surface area contributed by atoms with E-state index in [1.54, 1.807) is 13.8 Å². The maximum absolute atomic E-state index is 13.0. The van der Waals surface area contributed by atoms with E-state index in [-0.39, 0.29) is 24.5 Å². The van der Waals surface area contributed by atoms with Crippen LogP contribution in [0.25, 0.3) is 0 Å². The van der Waals surface area contributed by atoms with Crippen LogP contribution in [0.1, 0.15) is 58.8 Å². The van der Waals surface area contributed by atoms with Crippen LogP contribution in [0.4, 0.5) is 0 Å². The Balaban J connectivity index is 1.58. The van der Waals surface area contributed by atoms with Crippen LogP contribution in [0.15, 0.2) is 0 Å². The molecule has 0 aromatic rings. The molecule has 3 bridgehead atoms. The van der Waals surface area contributed by atoms with Crippen LogP contribution in [-0.4, -0.2) is 41.3 Å². The molecule has 5 unspecified atom stereocenters. The van der Waals surface area contributed by atoms with Crippen molar-refractivity contribution in [3.8, 4) is 0 Å². The van der Waals surface area contributed by atoms with Gasteiger partial charge in [-0.25, -0.2) is 4.57 Å². The molecule has 1 amide bonds. The van der Waals surface area contributed by atoms with E-state index in [0.29, 0.717) is 11.8 Å². The van der Waals surface area contributed by atoms with Gasteiger partial charge in [-0.2, -0.15) is 0 Å². The maximum atomic E-state index is 13.0. The van der Waals surface area contributed by atoms with Gasteiger partial charge < -0.3 is 15.3 Å². The van der Waals surface area contributed by atoms with Gasteiger partial charge in [0.25, 0.3) is 0 Å². The molecule has 0 aliphatic heterocycles. The molecule has 8 heteroatoms. The minimum Gasteiger partial charge on any atom is -0.394 e. The number of phosphoric ester groups is 1. The van der Waals surface area contributed by atoms with Crippen LogP contribution in [0.3, 0.4) is 0 Å². The minimum atomic E-state index is -4.19. The average Bonchev–Trinajstić information content (AvgIpc) is 2.55. The molecular formula is C18H32NO6P. The summed E-state index contributed by atoms with van der Waals surface area (Å²) in [7, 11) is -4.19. The fourth-order valence-electron chi connectivity index (χ4n) is 5.30. The number of amides is 1. The highest BCUT2D eigenvalue weighted by Gasteiger charge is 2.52. The first kappa shape index (κ1) is 20.3. The molecule has 3 N–H and O–H groups in total. The molecule has 0 heterocycles. The number of fused-ring (bicyclic) bond motifs is 2. The summed E-state index contributed by atoms with van der Waals surface area (Å²) in [5, 5.41) is 12.4. The minimum absolute atomic E-state index is 0.0345. The lowest BCUT2D eigenvalue weighted by atomic mass is 9.51. The molecule has 7 nitrogen and oxygen atoms in total. The van der Waals surface area contributed by atoms with Crippen molar-refractivity contribution >= 4 is 13.7 Å². The van der Waals surface area contributed by atoms with Crippen LogP contribution in [-0.2, 0) is 18.4 Å². The van der Waals surface area contributed by atoms with E-state index >= 15 is 0 Å². The molecular weight excluding hydrogens is 357 g/mol. The van der Waals surface area contributed by atoms with E-state index in [1.807, 2.05) is 0 Å². The zero-order valence-corrected chi connectivity index (χ0v) is 16.6. The predicted molar refractivity (Wildman–Crippen MR) is 96.2 cm³/mol. The number of hydrogen-bond donors (Lipinski definition) is 3. The highest BCUT2D eigenvalue weighted by molar-refractivity contribution is 7.47. The van der Waals surface area contributed by atoms with Crippen LogP contribution in [0, 0.1) is 23.2 Å². The summed E-state index contributed by atoms with van der Waals surface area (Å²) in [6.45, 7) is 2.66. The van der Waals surface area contributed by atoms with Gasteiger partial charge in [0.15, 0.2) is 0 Å². The van der Waals surface area contributed by atoms with Crippen molar-refractivity contribution in [2.45, 2.75) is 70.9 Å². The Kier molecular flexibility index (Phi) is 6.15. The maximum Gasteiger partial charge on any atom is 0.472 e. The lowest BCUT2D eigenvalue weighted by Gasteiger charge is -2.54. The second kappa shape index (κ2) is 7.88. The Bertz CT molecular complexity index is 566. The Hall–Kier alpha value is -0.460. The highest BCUT2D eigenvalue weighted by Crippen LogP contribution is 2.58. The Morgan fingerprint density at radius 2 is 2.04 bits per heavy atom. The van der Waals surface area contributed by atoms with Gasteiger partial charge >= 0.3 is 7.82 Å². The number of carbonyl (C=O) groups excluding carboxylic acids is 1. The Morgan fingerprint density at radius 1 is 1.27 bits per heavy atom. The second-order valence-electron chi connectivity index (χ2n) is 8.70. The van der Waals surface area contributed by atoms with Crippen molar-refractivity contribution in [2.75, 3.05) is 13.2 Å². The fraction of sp³-hybridized carbons (Fsp3) is 0.944. The summed E-state index contributed by atoms with van der Waals surface area (Å²) in [6.07, 6.45) is 7.22. The van der Waals surface area contributed by atoms with Crippen molar-refractivity contribution in [1.29, 1.82) is 0 Å². The largest absolute Gasteiger partial charge is 0.472 e. The van der Waals surface area contributed by atoms with E-state index < -0.39 is 20.0 Å². The SMILES string of the molecule is CC(C)OP(=O)(O)OCC(CO)NC(=O)[C@@]12CCC3CCC(CC3C1)C2. The van der Waals surface area contributed by atoms with Crippen LogP contribution < -0.4 is 5.32 Å². The number of phosphoric acid groups is 1. The van der Waals surface area contributed by atoms with Gasteiger partial charge in [0.1, 0.15) is 0 Å². The molecule has 3 rings (SSSR count). The first-order valence-electron chi connectivity index (χ1n) is 9.80. The molecule has 150 valence electrons. The lowest BCUT2D eigenvalue weighted by Crippen LogP contribution is -2.54. The normalized spacial score (nSPS) is 36.6. The van der Waals surface area contributed by atoms with Crippen LogP contribution in [0.5, 0.6) is 0 Å². The molecule has 0 radical (unpaired) electrons. The molecule has 3 fully saturated rings. The lowest BCUT2D eigenvalue weighted by molar-refractivity contribution is -0.144. The number of rotatable bonds is 8. The summed E-state index contributed by atoms with van der Waals surface area (Å²) in [4.78, 5) is 22.7.